The van der Waals surface area contributed by atoms with E-state index in [2.05, 4.69) is 10.3 Å². The molecule has 6 heteroatoms. The number of aliphatic hydroxyl groups is 1. The second kappa shape index (κ2) is 5.63. The van der Waals surface area contributed by atoms with Crippen LogP contribution in [0.4, 0.5) is 0 Å². The van der Waals surface area contributed by atoms with Gasteiger partial charge in [-0.2, -0.15) is 0 Å². The topological polar surface area (TPSA) is 86.2 Å². The molecule has 0 radical (unpaired) electrons. The van der Waals surface area contributed by atoms with Crippen LogP contribution in [0.15, 0.2) is 6.20 Å². The summed E-state index contributed by atoms with van der Waals surface area (Å²) in [7, 11) is 0. The summed E-state index contributed by atoms with van der Waals surface area (Å²) in [5.74, 6) is 0. The Morgan fingerprint density at radius 2 is 2.38 bits per heavy atom. The second-order valence-corrected chi connectivity index (χ2v) is 2.51. The maximum absolute atomic E-state index is 8.43. The van der Waals surface area contributed by atoms with Crippen molar-refractivity contribution >= 4 is 0 Å². The van der Waals surface area contributed by atoms with Crippen molar-refractivity contribution in [1.82, 2.24) is 15.0 Å². The van der Waals surface area contributed by atoms with E-state index in [1.807, 2.05) is 0 Å². The average Bonchev–Trinajstić information content (AvgIpc) is 2.60. The molecule has 0 unspecified atom stereocenters. The van der Waals surface area contributed by atoms with E-state index in [1.165, 1.54) is 0 Å². The average molecular weight is 186 g/mol. The molecular weight excluding hydrogens is 172 g/mol. The van der Waals surface area contributed by atoms with Crippen molar-refractivity contribution in [2.45, 2.75) is 13.1 Å². The molecule has 0 aliphatic heterocycles. The van der Waals surface area contributed by atoms with E-state index < -0.39 is 0 Å². The quantitative estimate of drug-likeness (QED) is 0.542. The van der Waals surface area contributed by atoms with Crippen LogP contribution in [0.2, 0.25) is 0 Å². The van der Waals surface area contributed by atoms with Crippen molar-refractivity contribution in [3.05, 3.63) is 11.9 Å². The molecule has 0 amide bonds. The highest BCUT2D eigenvalue weighted by Gasteiger charge is 1.97. The fraction of sp³-hybridized carbons (Fsp3) is 0.714. The Morgan fingerprint density at radius 1 is 1.54 bits per heavy atom. The Hall–Kier alpha value is -0.980. The van der Waals surface area contributed by atoms with E-state index >= 15 is 0 Å². The molecule has 0 atom stereocenters. The third-order valence-corrected chi connectivity index (χ3v) is 1.50. The van der Waals surface area contributed by atoms with Gasteiger partial charge in [-0.25, -0.2) is 4.68 Å². The number of aromatic nitrogens is 3. The predicted octanol–water partition coefficient (Wildman–Crippen LogP) is -1.25. The SMILES string of the molecule is NCc1cn(CCOCCO)nn1. The summed E-state index contributed by atoms with van der Waals surface area (Å²) in [5.41, 5.74) is 6.13. The van der Waals surface area contributed by atoms with Gasteiger partial charge in [0.05, 0.1) is 32.1 Å². The zero-order valence-electron chi connectivity index (χ0n) is 7.39. The van der Waals surface area contributed by atoms with E-state index in [-0.39, 0.29) is 6.61 Å². The van der Waals surface area contributed by atoms with Crippen LogP contribution in [0.3, 0.4) is 0 Å². The van der Waals surface area contributed by atoms with Gasteiger partial charge in [-0.3, -0.25) is 0 Å². The number of hydrogen-bond acceptors (Lipinski definition) is 5. The van der Waals surface area contributed by atoms with Gasteiger partial charge in [-0.1, -0.05) is 5.21 Å². The largest absolute Gasteiger partial charge is 0.394 e. The predicted molar refractivity (Wildman–Crippen MR) is 45.8 cm³/mol. The fourth-order valence-corrected chi connectivity index (χ4v) is 0.866. The fourth-order valence-electron chi connectivity index (χ4n) is 0.866. The molecule has 74 valence electrons. The molecule has 6 nitrogen and oxygen atoms in total. The van der Waals surface area contributed by atoms with E-state index in [1.54, 1.807) is 10.9 Å². The molecule has 13 heavy (non-hydrogen) atoms. The van der Waals surface area contributed by atoms with Gasteiger partial charge in [0.1, 0.15) is 0 Å². The molecule has 0 spiro atoms. The first-order chi connectivity index (χ1) is 6.36. The highest BCUT2D eigenvalue weighted by Crippen LogP contribution is 1.90. The lowest BCUT2D eigenvalue weighted by Crippen LogP contribution is -2.08. The molecular formula is C7H14N4O2. The van der Waals surface area contributed by atoms with Gasteiger partial charge in [0.2, 0.25) is 0 Å². The van der Waals surface area contributed by atoms with E-state index in [0.717, 1.165) is 5.69 Å². The number of hydrogen-bond donors (Lipinski definition) is 2. The number of nitrogens with two attached hydrogens (primary N) is 1. The number of ether oxygens (including phenoxy) is 1. The maximum atomic E-state index is 8.43. The van der Waals surface area contributed by atoms with Crippen molar-refractivity contribution < 1.29 is 9.84 Å². The van der Waals surface area contributed by atoms with Crippen molar-refractivity contribution in [3.8, 4) is 0 Å². The third-order valence-electron chi connectivity index (χ3n) is 1.50. The summed E-state index contributed by atoms with van der Waals surface area (Å²) in [6.07, 6.45) is 1.78. The molecule has 0 saturated heterocycles. The van der Waals surface area contributed by atoms with Crippen LogP contribution in [0.1, 0.15) is 5.69 Å². The Kier molecular flexibility index (Phi) is 4.37. The monoisotopic (exact) mass is 186 g/mol. The summed E-state index contributed by atoms with van der Waals surface area (Å²) >= 11 is 0. The summed E-state index contributed by atoms with van der Waals surface area (Å²) in [6.45, 7) is 1.96. The summed E-state index contributed by atoms with van der Waals surface area (Å²) in [5, 5.41) is 16.1. The van der Waals surface area contributed by atoms with Crippen LogP contribution in [0.5, 0.6) is 0 Å². The molecule has 0 aliphatic carbocycles. The number of aliphatic hydroxyl groups excluding tert-OH is 1. The molecule has 1 rings (SSSR count). The Morgan fingerprint density at radius 3 is 3.00 bits per heavy atom. The first kappa shape index (κ1) is 10.1. The lowest BCUT2D eigenvalue weighted by molar-refractivity contribution is 0.0851. The molecule has 0 bridgehead atoms. The van der Waals surface area contributed by atoms with Crippen molar-refractivity contribution in [2.75, 3.05) is 19.8 Å². The minimum absolute atomic E-state index is 0.0470. The molecule has 3 N–H and O–H groups in total. The molecule has 1 aromatic heterocycles. The molecule has 0 saturated carbocycles. The van der Waals surface area contributed by atoms with Crippen LogP contribution in [0.25, 0.3) is 0 Å². The van der Waals surface area contributed by atoms with Gasteiger partial charge in [-0.05, 0) is 0 Å². The van der Waals surface area contributed by atoms with E-state index in [0.29, 0.717) is 26.3 Å². The third kappa shape index (κ3) is 3.49. The molecule has 1 heterocycles. The van der Waals surface area contributed by atoms with Gasteiger partial charge in [-0.15, -0.1) is 5.10 Å². The maximum Gasteiger partial charge on any atom is 0.0962 e. The highest BCUT2D eigenvalue weighted by molar-refractivity contribution is 4.90. The van der Waals surface area contributed by atoms with Crippen molar-refractivity contribution in [3.63, 3.8) is 0 Å². The van der Waals surface area contributed by atoms with Crippen LogP contribution in [0, 0.1) is 0 Å². The summed E-state index contributed by atoms with van der Waals surface area (Å²) in [6, 6.07) is 0. The Labute approximate surface area is 76.3 Å². The van der Waals surface area contributed by atoms with Crippen LogP contribution >= 0.6 is 0 Å². The molecule has 0 aromatic carbocycles. The number of rotatable bonds is 6. The van der Waals surface area contributed by atoms with Crippen molar-refractivity contribution in [2.24, 2.45) is 5.73 Å². The standard InChI is InChI=1S/C7H14N4O2/c8-5-7-6-11(10-9-7)1-3-13-4-2-12/h6,12H,1-5,8H2. The van der Waals surface area contributed by atoms with E-state index in [9.17, 15) is 0 Å². The lowest BCUT2D eigenvalue weighted by atomic mass is 10.5. The second-order valence-electron chi connectivity index (χ2n) is 2.51. The summed E-state index contributed by atoms with van der Waals surface area (Å²) < 4.78 is 6.73. The van der Waals surface area contributed by atoms with Crippen LogP contribution in [-0.2, 0) is 17.8 Å². The first-order valence-electron chi connectivity index (χ1n) is 4.14. The minimum atomic E-state index is 0.0470. The zero-order chi connectivity index (χ0) is 9.52. The molecule has 0 fully saturated rings. The lowest BCUT2D eigenvalue weighted by Gasteiger charge is -2.00. The number of nitrogens with zero attached hydrogens (tertiary/aromatic N) is 3. The van der Waals surface area contributed by atoms with Gasteiger partial charge in [0, 0.05) is 12.7 Å². The normalized spacial score (nSPS) is 10.6. The highest BCUT2D eigenvalue weighted by atomic mass is 16.5. The Bertz CT molecular complexity index is 238. The van der Waals surface area contributed by atoms with Gasteiger partial charge in [0.15, 0.2) is 0 Å². The van der Waals surface area contributed by atoms with Gasteiger partial charge < -0.3 is 15.6 Å². The van der Waals surface area contributed by atoms with Crippen LogP contribution in [-0.4, -0.2) is 39.9 Å². The van der Waals surface area contributed by atoms with Crippen molar-refractivity contribution in [1.29, 1.82) is 0 Å². The minimum Gasteiger partial charge on any atom is -0.394 e. The Balaban J connectivity index is 2.20. The zero-order valence-corrected chi connectivity index (χ0v) is 7.39. The molecule has 1 aromatic rings. The smallest absolute Gasteiger partial charge is 0.0962 e. The van der Waals surface area contributed by atoms with Gasteiger partial charge in [0.25, 0.3) is 0 Å². The van der Waals surface area contributed by atoms with E-state index in [4.69, 9.17) is 15.6 Å². The van der Waals surface area contributed by atoms with Crippen LogP contribution < -0.4 is 5.73 Å². The summed E-state index contributed by atoms with van der Waals surface area (Å²) in [4.78, 5) is 0. The molecule has 0 aliphatic rings. The van der Waals surface area contributed by atoms with Gasteiger partial charge >= 0.3 is 0 Å². The first-order valence-corrected chi connectivity index (χ1v) is 4.14.